The summed E-state index contributed by atoms with van der Waals surface area (Å²) in [6.07, 6.45) is 1.88. The maximum atomic E-state index is 11.0. The molecule has 3 nitrogen and oxygen atoms in total. The molecule has 0 rings (SSSR count). The van der Waals surface area contributed by atoms with Crippen molar-refractivity contribution < 1.29 is 9.53 Å². The Kier molecular flexibility index (Phi) is 4.96. The van der Waals surface area contributed by atoms with Crippen LogP contribution < -0.4 is 5.73 Å². The van der Waals surface area contributed by atoms with Crippen molar-refractivity contribution in [1.82, 2.24) is 0 Å². The molecule has 0 aromatic rings. The quantitative estimate of drug-likeness (QED) is 0.495. The van der Waals surface area contributed by atoms with Gasteiger partial charge in [0.1, 0.15) is 5.54 Å². The molecular formula is C6H13NO2S2. The van der Waals surface area contributed by atoms with Gasteiger partial charge in [0.25, 0.3) is 0 Å². The summed E-state index contributed by atoms with van der Waals surface area (Å²) in [6.45, 7) is 0. The first kappa shape index (κ1) is 11.1. The van der Waals surface area contributed by atoms with E-state index >= 15 is 0 Å². The number of carbonyl (C=O) groups is 1. The zero-order chi connectivity index (χ0) is 8.91. The number of esters is 1. The number of hydrogen-bond donors (Lipinski definition) is 2. The maximum Gasteiger partial charge on any atom is 0.327 e. The van der Waals surface area contributed by atoms with Gasteiger partial charge in [0, 0.05) is 11.5 Å². The third-order valence-electron chi connectivity index (χ3n) is 1.28. The summed E-state index contributed by atoms with van der Waals surface area (Å²) in [4.78, 5) is 11.0. The fourth-order valence-electron chi connectivity index (χ4n) is 0.630. The molecule has 0 amide bonds. The minimum absolute atomic E-state index is 0.306. The van der Waals surface area contributed by atoms with Gasteiger partial charge in [0.2, 0.25) is 0 Å². The molecule has 0 aromatic carbocycles. The van der Waals surface area contributed by atoms with Crippen LogP contribution in [0.1, 0.15) is 0 Å². The van der Waals surface area contributed by atoms with Crippen molar-refractivity contribution in [3.8, 4) is 0 Å². The van der Waals surface area contributed by atoms with Crippen LogP contribution in [0.5, 0.6) is 0 Å². The summed E-state index contributed by atoms with van der Waals surface area (Å²) < 4.78 is 4.53. The van der Waals surface area contributed by atoms with E-state index in [9.17, 15) is 4.79 Å². The van der Waals surface area contributed by atoms with Gasteiger partial charge in [-0.25, -0.2) is 0 Å². The second-order valence-corrected chi connectivity index (χ2v) is 3.42. The van der Waals surface area contributed by atoms with E-state index < -0.39 is 11.5 Å². The lowest BCUT2D eigenvalue weighted by atomic mass is 10.1. The number of thioether (sulfide) groups is 1. The van der Waals surface area contributed by atoms with Crippen LogP contribution in [0.4, 0.5) is 0 Å². The topological polar surface area (TPSA) is 52.3 Å². The van der Waals surface area contributed by atoms with E-state index in [2.05, 4.69) is 17.4 Å². The molecule has 0 aliphatic heterocycles. The van der Waals surface area contributed by atoms with Crippen molar-refractivity contribution in [3.05, 3.63) is 0 Å². The molecule has 0 saturated carbocycles. The highest BCUT2D eigenvalue weighted by molar-refractivity contribution is 7.98. The zero-order valence-corrected chi connectivity index (χ0v) is 8.37. The normalized spacial score (nSPS) is 15.6. The molecule has 0 radical (unpaired) electrons. The van der Waals surface area contributed by atoms with E-state index in [1.807, 2.05) is 6.26 Å². The zero-order valence-electron chi connectivity index (χ0n) is 6.66. The van der Waals surface area contributed by atoms with Crippen LogP contribution in [0.2, 0.25) is 0 Å². The third kappa shape index (κ3) is 2.92. The highest BCUT2D eigenvalue weighted by atomic mass is 32.2. The largest absolute Gasteiger partial charge is 0.468 e. The van der Waals surface area contributed by atoms with Crippen LogP contribution in [0.25, 0.3) is 0 Å². The van der Waals surface area contributed by atoms with Crippen LogP contribution in [-0.4, -0.2) is 36.4 Å². The Balaban J connectivity index is 4.19. The highest BCUT2D eigenvalue weighted by Gasteiger charge is 2.32. The van der Waals surface area contributed by atoms with Crippen LogP contribution in [0.3, 0.4) is 0 Å². The van der Waals surface area contributed by atoms with Crippen LogP contribution in [-0.2, 0) is 9.53 Å². The van der Waals surface area contributed by atoms with Crippen LogP contribution in [0.15, 0.2) is 0 Å². The van der Waals surface area contributed by atoms with E-state index in [1.54, 1.807) is 0 Å². The molecule has 0 fully saturated rings. The first-order chi connectivity index (χ1) is 5.10. The molecule has 2 N–H and O–H groups in total. The first-order valence-electron chi connectivity index (χ1n) is 3.08. The summed E-state index contributed by atoms with van der Waals surface area (Å²) in [5.41, 5.74) is 4.76. The van der Waals surface area contributed by atoms with Crippen molar-refractivity contribution in [3.63, 3.8) is 0 Å². The van der Waals surface area contributed by atoms with Crippen LogP contribution >= 0.6 is 24.4 Å². The van der Waals surface area contributed by atoms with Crippen LogP contribution in [0, 0.1) is 0 Å². The Morgan fingerprint density at radius 3 is 2.64 bits per heavy atom. The Bertz CT molecular complexity index is 143. The van der Waals surface area contributed by atoms with Crippen molar-refractivity contribution in [2.24, 2.45) is 5.73 Å². The minimum Gasteiger partial charge on any atom is -0.468 e. The number of hydrogen-bond acceptors (Lipinski definition) is 5. The van der Waals surface area contributed by atoms with Gasteiger partial charge < -0.3 is 10.5 Å². The molecule has 0 unspecified atom stereocenters. The van der Waals surface area contributed by atoms with E-state index in [1.165, 1.54) is 18.9 Å². The van der Waals surface area contributed by atoms with Gasteiger partial charge >= 0.3 is 5.97 Å². The first-order valence-corrected chi connectivity index (χ1v) is 5.10. The minimum atomic E-state index is -0.933. The van der Waals surface area contributed by atoms with Crippen molar-refractivity contribution in [2.45, 2.75) is 5.54 Å². The third-order valence-corrected chi connectivity index (χ3v) is 2.64. The molecule has 0 aliphatic rings. The Morgan fingerprint density at radius 1 is 1.82 bits per heavy atom. The molecule has 0 aliphatic carbocycles. The summed E-state index contributed by atoms with van der Waals surface area (Å²) in [7, 11) is 1.33. The Labute approximate surface area is 76.5 Å². The van der Waals surface area contributed by atoms with Gasteiger partial charge in [-0.3, -0.25) is 4.79 Å². The second-order valence-electron chi connectivity index (χ2n) is 2.24. The standard InChI is InChI=1S/C6H13NO2S2/c1-9-5(8)6(7,3-10)4-11-2/h10H,3-4,7H2,1-2H3/t6-/m1/s1. The van der Waals surface area contributed by atoms with Gasteiger partial charge in [-0.2, -0.15) is 24.4 Å². The van der Waals surface area contributed by atoms with Gasteiger partial charge in [-0.1, -0.05) is 0 Å². The summed E-state index contributed by atoms with van der Waals surface area (Å²) in [5.74, 6) is 0.436. The average molecular weight is 195 g/mol. The molecule has 11 heavy (non-hydrogen) atoms. The fraction of sp³-hybridized carbons (Fsp3) is 0.833. The molecule has 0 saturated heterocycles. The van der Waals surface area contributed by atoms with Gasteiger partial charge in [-0.05, 0) is 6.26 Å². The fourth-order valence-corrected chi connectivity index (χ4v) is 1.76. The maximum absolute atomic E-state index is 11.0. The molecule has 0 aromatic heterocycles. The average Bonchev–Trinajstić information content (AvgIpc) is 2.03. The molecule has 66 valence electrons. The van der Waals surface area contributed by atoms with E-state index in [-0.39, 0.29) is 0 Å². The SMILES string of the molecule is COC(=O)[C@@](N)(CS)CSC. The number of ether oxygens (including phenoxy) is 1. The van der Waals surface area contributed by atoms with Crippen molar-refractivity contribution in [1.29, 1.82) is 0 Å². The molecular weight excluding hydrogens is 182 g/mol. The lowest BCUT2D eigenvalue weighted by molar-refractivity contribution is -0.145. The van der Waals surface area contributed by atoms with E-state index in [0.717, 1.165) is 0 Å². The Morgan fingerprint density at radius 2 is 2.36 bits per heavy atom. The molecule has 5 heteroatoms. The summed E-state index contributed by atoms with van der Waals surface area (Å²) in [6, 6.07) is 0. The Hall–Kier alpha value is 0.130. The lowest BCUT2D eigenvalue weighted by Crippen LogP contribution is -2.52. The smallest absolute Gasteiger partial charge is 0.327 e. The van der Waals surface area contributed by atoms with Crippen molar-refractivity contribution in [2.75, 3.05) is 24.9 Å². The van der Waals surface area contributed by atoms with Gasteiger partial charge in [-0.15, -0.1) is 0 Å². The van der Waals surface area contributed by atoms with E-state index in [4.69, 9.17) is 5.73 Å². The van der Waals surface area contributed by atoms with Gasteiger partial charge in [0.15, 0.2) is 0 Å². The summed E-state index contributed by atoms with van der Waals surface area (Å²) >= 11 is 5.49. The number of carbonyl (C=O) groups excluding carboxylic acids is 1. The predicted octanol–water partition coefficient (Wildman–Crippen LogP) is 0.150. The number of methoxy groups -OCH3 is 1. The van der Waals surface area contributed by atoms with Crippen molar-refractivity contribution >= 4 is 30.4 Å². The number of thiol groups is 1. The highest BCUT2D eigenvalue weighted by Crippen LogP contribution is 2.11. The number of nitrogens with two attached hydrogens (primary N) is 1. The molecule has 0 spiro atoms. The molecule has 0 bridgehead atoms. The molecule has 1 atom stereocenters. The second kappa shape index (κ2) is 4.90. The van der Waals surface area contributed by atoms with E-state index in [0.29, 0.717) is 11.5 Å². The predicted molar refractivity (Wildman–Crippen MR) is 51.2 cm³/mol. The van der Waals surface area contributed by atoms with Gasteiger partial charge in [0.05, 0.1) is 7.11 Å². The lowest BCUT2D eigenvalue weighted by Gasteiger charge is -2.22. The number of rotatable bonds is 4. The monoisotopic (exact) mass is 195 g/mol. The molecule has 0 heterocycles. The summed E-state index contributed by atoms with van der Waals surface area (Å²) in [5, 5.41) is 0.